The fourth-order valence-electron chi connectivity index (χ4n) is 18.3. The summed E-state index contributed by atoms with van der Waals surface area (Å²) >= 11 is 0. The van der Waals surface area contributed by atoms with Crippen molar-refractivity contribution in [3.63, 3.8) is 0 Å². The summed E-state index contributed by atoms with van der Waals surface area (Å²) in [6.07, 6.45) is 9.85. The molecular formula is C100H179NO28. The van der Waals surface area contributed by atoms with Crippen molar-refractivity contribution in [1.29, 1.82) is 5.26 Å². The molecule has 0 aromatic heterocycles. The van der Waals surface area contributed by atoms with Gasteiger partial charge in [-0.1, -0.05) is 157 Å². The maximum absolute atomic E-state index is 12.3. The van der Waals surface area contributed by atoms with Gasteiger partial charge in [-0.3, -0.25) is 62.3 Å². The summed E-state index contributed by atoms with van der Waals surface area (Å²) in [5, 5.41) is 9.31. The lowest BCUT2D eigenvalue weighted by Gasteiger charge is -2.48. The van der Waals surface area contributed by atoms with Crippen LogP contribution in [0.25, 0.3) is 0 Å². The molecule has 18 aliphatic rings. The first-order chi connectivity index (χ1) is 54.7. The Bertz CT molecular complexity index is 3690. The van der Waals surface area contributed by atoms with Gasteiger partial charge in [-0.25, -0.2) is 0 Å². The highest BCUT2D eigenvalue weighted by Gasteiger charge is 2.74. The lowest BCUT2D eigenvalue weighted by atomic mass is 9.74. The van der Waals surface area contributed by atoms with Crippen LogP contribution in [-0.2, 0) is 133 Å². The van der Waals surface area contributed by atoms with Crippen molar-refractivity contribution in [3.8, 4) is 6.07 Å². The third kappa shape index (κ3) is 25.1. The predicted molar refractivity (Wildman–Crippen MR) is 494 cm³/mol. The summed E-state index contributed by atoms with van der Waals surface area (Å²) in [6.45, 7) is 40.5. The molecule has 12 saturated heterocycles. The Hall–Kier alpha value is -7.48. The van der Waals surface area contributed by atoms with E-state index in [9.17, 15) is 67.6 Å². The van der Waals surface area contributed by atoms with Crippen molar-refractivity contribution >= 4 is 77.6 Å². The van der Waals surface area contributed by atoms with Gasteiger partial charge in [-0.15, -0.1) is 0 Å². The zero-order valence-electron chi connectivity index (χ0n) is 73.2. The van der Waals surface area contributed by atoms with E-state index in [1.807, 2.05) is 132 Å². The van der Waals surface area contributed by atoms with E-state index in [2.05, 4.69) is 10.8 Å². The molecule has 26 atom stereocenters. The number of nitrogens with zero attached hydrogens (tertiary/aromatic N) is 1. The molecule has 0 aromatic carbocycles. The van der Waals surface area contributed by atoms with Crippen LogP contribution in [0.3, 0.4) is 0 Å². The molecule has 0 amide bonds. The molecule has 752 valence electrons. The Morgan fingerprint density at radius 2 is 0.868 bits per heavy atom. The minimum atomic E-state index is -0.974. The Morgan fingerprint density at radius 3 is 1.33 bits per heavy atom. The highest BCUT2D eigenvalue weighted by Crippen LogP contribution is 2.63. The first kappa shape index (κ1) is 128. The average Bonchev–Trinajstić information content (AvgIpc) is 1.54. The van der Waals surface area contributed by atoms with Gasteiger partial charge in [-0.05, 0) is 186 Å². The fourth-order valence-corrected chi connectivity index (χ4v) is 18.3. The van der Waals surface area contributed by atoms with Gasteiger partial charge in [0.1, 0.15) is 66.3 Å². The van der Waals surface area contributed by atoms with Crippen LogP contribution in [0.2, 0.25) is 0 Å². The first-order valence-electron chi connectivity index (χ1n) is 42.9. The standard InChI is InChI=1S/C15H19NO4.C15H20O7.C14H20O4.C14H22O4.C13H18O5.C8H12O2.C7H14O2.C2H6.12CH4/c1-4-14(2,3)12(17)19-10-8-5-9-11(10)20-13(18)15(9,6-8)7-16;1-5-15(2,3)14(18)22-11-8-6(12(16)19-4)7-9(20-8)10(11)21-13(7)17;1-4-14(2,3)13(16)18-11-8-5-7-6-9(8)12(15)17-10(7)11;1-5-13(2,3)12(16)17-10-8-9-6-7-14(10,4)18-11(9)15;1-4-13(2,3)12(15)18-9-7-5-6-8(16-7)10(9)17-11(6)14;9-8-7-4-2-1-3-6(7)5-10-8;1-5-7(2,3)6(8)9-4;1-2;;;;;;;;;;;;/h8-11H,4-6H2,1-3H3;6-11H,5H2,1-4H3;7-11H,4-6H2,1-3H3;9-10H,5-8H2,1-4H3;6-10H,4-5H2,1-3H3;6-7H,1-5H2;5H2,1-4H3;1-2H3;12*1H4. The average molecular weight is 1840 g/mol. The Labute approximate surface area is 777 Å². The maximum atomic E-state index is 12.3. The number of cyclic esters (lactones) is 1. The topological polar surface area (TPSA) is 384 Å². The summed E-state index contributed by atoms with van der Waals surface area (Å²) in [7, 11) is 2.67. The molecule has 26 unspecified atom stereocenters. The molecule has 12 bridgehead atoms. The first-order valence-corrected chi connectivity index (χ1v) is 42.9. The number of ether oxygens (including phenoxy) is 15. The largest absolute Gasteiger partial charge is 0.469 e. The summed E-state index contributed by atoms with van der Waals surface area (Å²) in [5.74, 6) is -3.43. The second kappa shape index (κ2) is 49.5. The van der Waals surface area contributed by atoms with E-state index in [1.54, 1.807) is 13.8 Å². The van der Waals surface area contributed by atoms with Gasteiger partial charge in [0.2, 0.25) is 0 Å². The van der Waals surface area contributed by atoms with Gasteiger partial charge >= 0.3 is 77.6 Å². The van der Waals surface area contributed by atoms with Crippen LogP contribution in [0.4, 0.5) is 0 Å². The van der Waals surface area contributed by atoms with E-state index in [-0.39, 0.29) is 232 Å². The fraction of sp³-hybridized carbons (Fsp3) is 0.860. The van der Waals surface area contributed by atoms with Crippen LogP contribution in [0.15, 0.2) is 0 Å². The van der Waals surface area contributed by atoms with Gasteiger partial charge in [0.05, 0.1) is 89.2 Å². The monoisotopic (exact) mass is 1840 g/mol. The van der Waals surface area contributed by atoms with Crippen molar-refractivity contribution in [2.75, 3.05) is 20.8 Å². The third-order valence-electron chi connectivity index (χ3n) is 28.9. The zero-order chi connectivity index (χ0) is 87.1. The summed E-state index contributed by atoms with van der Waals surface area (Å²) in [4.78, 5) is 153. The molecule has 6 aliphatic carbocycles. The van der Waals surface area contributed by atoms with E-state index in [0.717, 1.165) is 57.8 Å². The second-order valence-corrected chi connectivity index (χ2v) is 38.4. The molecular weight excluding hydrogens is 1660 g/mol. The normalized spacial score (nSPS) is 33.3. The maximum Gasteiger partial charge on any atom is 0.327 e. The van der Waals surface area contributed by atoms with E-state index < -0.39 is 111 Å². The predicted octanol–water partition coefficient (Wildman–Crippen LogP) is 19.3. The van der Waals surface area contributed by atoms with Crippen molar-refractivity contribution in [2.24, 2.45) is 103 Å². The number of fused-ring (bicyclic) bond motifs is 8. The smallest absolute Gasteiger partial charge is 0.327 e. The highest BCUT2D eigenvalue weighted by molar-refractivity contribution is 5.88. The molecule has 129 heavy (non-hydrogen) atoms. The molecule has 12 aliphatic heterocycles. The molecule has 29 nitrogen and oxygen atoms in total. The molecule has 18 fully saturated rings. The van der Waals surface area contributed by atoms with E-state index >= 15 is 0 Å². The van der Waals surface area contributed by atoms with Crippen LogP contribution in [0.1, 0.15) is 350 Å². The lowest BCUT2D eigenvalue weighted by Crippen LogP contribution is -2.57. The molecule has 0 N–H and O–H groups in total. The number of hydrogen-bond acceptors (Lipinski definition) is 29. The van der Waals surface area contributed by atoms with Gasteiger partial charge in [-0.2, -0.15) is 5.26 Å². The third-order valence-corrected chi connectivity index (χ3v) is 28.9. The second-order valence-electron chi connectivity index (χ2n) is 38.4. The molecule has 0 spiro atoms. The zero-order valence-corrected chi connectivity index (χ0v) is 73.2. The number of rotatable bonds is 18. The minimum Gasteiger partial charge on any atom is -0.469 e. The van der Waals surface area contributed by atoms with Crippen molar-refractivity contribution in [3.05, 3.63) is 0 Å². The van der Waals surface area contributed by atoms with Gasteiger partial charge in [0, 0.05) is 36.0 Å². The number of hydrogen-bond donors (Lipinski definition) is 0. The number of nitriles is 1. The molecule has 29 heteroatoms. The highest BCUT2D eigenvalue weighted by atomic mass is 16.7. The van der Waals surface area contributed by atoms with Crippen LogP contribution in [0, 0.1) is 114 Å². The number of carbonyl (C=O) groups is 13. The molecule has 12 heterocycles. The number of carbonyl (C=O) groups excluding carboxylic acids is 13. The van der Waals surface area contributed by atoms with Gasteiger partial charge in [0.25, 0.3) is 0 Å². The summed E-state index contributed by atoms with van der Waals surface area (Å²) < 4.78 is 80.4. The Kier molecular flexibility index (Phi) is 49.0. The van der Waals surface area contributed by atoms with E-state index in [1.165, 1.54) is 33.5 Å². The van der Waals surface area contributed by atoms with E-state index in [4.69, 9.17) is 66.3 Å². The van der Waals surface area contributed by atoms with Crippen molar-refractivity contribution in [1.82, 2.24) is 0 Å². The van der Waals surface area contributed by atoms with Crippen molar-refractivity contribution < 1.29 is 133 Å². The number of esters is 13. The van der Waals surface area contributed by atoms with E-state index in [0.29, 0.717) is 57.0 Å². The minimum absolute atomic E-state index is 0. The quantitative estimate of drug-likeness (QED) is 0.0908. The lowest BCUT2D eigenvalue weighted by molar-refractivity contribution is -0.221. The molecule has 0 aromatic rings. The van der Waals surface area contributed by atoms with Crippen LogP contribution < -0.4 is 0 Å². The van der Waals surface area contributed by atoms with Crippen LogP contribution in [-0.4, -0.2) is 183 Å². The number of methoxy groups -OCH3 is 2. The Morgan fingerprint density at radius 1 is 0.419 bits per heavy atom. The van der Waals surface area contributed by atoms with Crippen LogP contribution >= 0.6 is 0 Å². The molecule has 0 radical (unpaired) electrons. The summed E-state index contributed by atoms with van der Waals surface area (Å²) in [5.41, 5.74) is -4.52. The summed E-state index contributed by atoms with van der Waals surface area (Å²) in [6, 6.07) is 2.15. The van der Waals surface area contributed by atoms with Crippen molar-refractivity contribution in [2.45, 2.75) is 435 Å². The van der Waals surface area contributed by atoms with Gasteiger partial charge in [0.15, 0.2) is 29.8 Å². The molecule has 18 rings (SSSR count). The SMILES string of the molecule is C.C.C.C.C.C.C.C.C.C.C.C.CC.CCC(C)(C)C(=O)OC.CCC(C)(C)C(=O)OC1C2CC3C(=O)OC1C3O2.CCC(C)(C)C(=O)OC1C2CC3C1OC(=O)C3(C#N)C2.CCC(C)(C)C(=O)OC1C2CC3CC2C(=O)OC31.CCC(C)(C)C(=O)OC1C2OC(=O)C3C2OC1C3C(=O)OC.CCC(C)(C)C(=O)OC1CC2CCC1(C)OC2=O.O=C1OCC2CCCCC12. The van der Waals surface area contributed by atoms with Gasteiger partial charge < -0.3 is 71.1 Å². The van der Waals surface area contributed by atoms with Crippen LogP contribution in [0.5, 0.6) is 0 Å². The molecule has 6 saturated carbocycles. The Balaban J connectivity index is -0.000000703.